The van der Waals surface area contributed by atoms with Crippen LogP contribution in [0.2, 0.25) is 30.1 Å². The molecule has 0 N–H and O–H groups in total. The van der Waals surface area contributed by atoms with Crippen molar-refractivity contribution >= 4 is 93.5 Å². The highest BCUT2D eigenvalue weighted by Crippen LogP contribution is 2.52. The third kappa shape index (κ3) is 7.88. The second-order valence-electron chi connectivity index (χ2n) is 11.0. The molecule has 2 aliphatic carbocycles. The van der Waals surface area contributed by atoms with E-state index in [4.69, 9.17) is 88.6 Å². The molecule has 2 aromatic carbocycles. The third-order valence-electron chi connectivity index (χ3n) is 8.36. The van der Waals surface area contributed by atoms with Gasteiger partial charge in [0.05, 0.1) is 43.3 Å². The summed E-state index contributed by atoms with van der Waals surface area (Å²) in [5, 5.41) is -1.45. The van der Waals surface area contributed by atoms with E-state index in [2.05, 4.69) is 13.8 Å². The van der Waals surface area contributed by atoms with Crippen LogP contribution in [0.5, 0.6) is 11.5 Å². The lowest BCUT2D eigenvalue weighted by Gasteiger charge is -2.17. The highest BCUT2D eigenvalue weighted by atomic mass is 35.5. The number of carbonyl (C=O) groups is 4. The van der Waals surface area contributed by atoms with Crippen molar-refractivity contribution in [3.8, 4) is 11.5 Å². The minimum absolute atomic E-state index is 0.0801. The van der Waals surface area contributed by atoms with Gasteiger partial charge in [0.1, 0.15) is 11.1 Å². The predicted molar refractivity (Wildman–Crippen MR) is 168 cm³/mol. The Morgan fingerprint density at radius 3 is 1.25 bits per heavy atom. The van der Waals surface area contributed by atoms with Crippen LogP contribution >= 0.6 is 69.6 Å². The zero-order valence-electron chi connectivity index (χ0n) is 23.8. The maximum Gasteiger partial charge on any atom is 0.423 e. The molecule has 0 aliphatic heterocycles. The highest BCUT2D eigenvalue weighted by Gasteiger charge is 2.41. The van der Waals surface area contributed by atoms with Crippen molar-refractivity contribution in [1.29, 1.82) is 0 Å². The Bertz CT molecular complexity index is 1390. The largest absolute Gasteiger partial charge is 0.462 e. The van der Waals surface area contributed by atoms with Crippen molar-refractivity contribution in [2.45, 2.75) is 65.2 Å². The average molecular weight is 729 g/mol. The number of hydrogen-bond donors (Lipinski definition) is 0. The molecule has 0 radical (unpaired) electrons. The van der Waals surface area contributed by atoms with Gasteiger partial charge in [-0.3, -0.25) is 0 Å². The summed E-state index contributed by atoms with van der Waals surface area (Å²) in [6.07, 6.45) is 7.32. The van der Waals surface area contributed by atoms with Crippen LogP contribution in [0.3, 0.4) is 0 Å². The first-order chi connectivity index (χ1) is 20.8. The van der Waals surface area contributed by atoms with Crippen LogP contribution in [0.25, 0.3) is 0 Å². The predicted octanol–water partition coefficient (Wildman–Crippen LogP) is 9.59. The highest BCUT2D eigenvalue weighted by molar-refractivity contribution is 6.47. The van der Waals surface area contributed by atoms with Crippen LogP contribution in [0.15, 0.2) is 12.1 Å². The summed E-state index contributed by atoms with van der Waals surface area (Å²) in [7, 11) is 0. The molecule has 8 nitrogen and oxygen atoms in total. The van der Waals surface area contributed by atoms with E-state index >= 15 is 0 Å². The summed E-state index contributed by atoms with van der Waals surface area (Å²) < 4.78 is 21.1. The topological polar surface area (TPSA) is 105 Å². The normalized spacial score (nSPS) is 15.7. The summed E-state index contributed by atoms with van der Waals surface area (Å²) in [6.45, 7) is 4.28. The smallest absolute Gasteiger partial charge is 0.423 e. The zero-order chi connectivity index (χ0) is 32.4. The molecule has 2 aliphatic rings. The van der Waals surface area contributed by atoms with Crippen molar-refractivity contribution in [2.24, 2.45) is 10.8 Å². The van der Waals surface area contributed by atoms with Gasteiger partial charge in [-0.2, -0.15) is 0 Å². The van der Waals surface area contributed by atoms with Gasteiger partial charge in [-0.25, -0.2) is 19.2 Å². The fraction of sp³-hybridized carbons (Fsp3) is 0.467. The van der Waals surface area contributed by atoms with Crippen LogP contribution < -0.4 is 9.47 Å². The second kappa shape index (κ2) is 14.2. The molecule has 238 valence electrons. The Hall–Kier alpha value is -1.94. The molecule has 0 bridgehead atoms. The number of ether oxygens (including phenoxy) is 4. The Morgan fingerprint density at radius 2 is 0.955 bits per heavy atom. The first kappa shape index (κ1) is 34.9. The van der Waals surface area contributed by atoms with Gasteiger partial charge in [-0.1, -0.05) is 96.3 Å². The van der Waals surface area contributed by atoms with Gasteiger partial charge in [-0.15, -0.1) is 0 Å². The number of carbonyl (C=O) groups excluding carboxylic acids is 4. The maximum atomic E-state index is 13.0. The molecule has 44 heavy (non-hydrogen) atoms. The van der Waals surface area contributed by atoms with E-state index in [1.54, 1.807) is 0 Å². The Morgan fingerprint density at radius 1 is 0.614 bits per heavy atom. The standard InChI is InChI=1S/C30H28Cl6O8/c1-3-29(5-6-29)9-11-41-25(37)19-21(35)15(31)13-17(33)23(19)43-27(39)28(40)44-24-18(34)14-16(32)22(36)20(24)26(38)42-12-10-30(4-2)7-8-30/h13-14H,3-12H2,1-2H3. The molecular weight excluding hydrogens is 701 g/mol. The second-order valence-corrected chi connectivity index (χ2v) is 13.4. The SMILES string of the molecule is CCC1(CCOC(=O)c2c(Cl)c(Cl)cc(Cl)c2OC(=O)C(=O)Oc2c(Cl)cc(Cl)c(Cl)c2C(=O)OCCC2(CC)CC2)CC1. The number of rotatable bonds is 12. The van der Waals surface area contributed by atoms with Crippen LogP contribution in [-0.2, 0) is 19.1 Å². The van der Waals surface area contributed by atoms with Gasteiger partial charge in [-0.05, 0) is 61.5 Å². The molecule has 0 spiro atoms. The molecular formula is C30H28Cl6O8. The molecule has 0 unspecified atom stereocenters. The van der Waals surface area contributed by atoms with Crippen LogP contribution in [0.4, 0.5) is 0 Å². The van der Waals surface area contributed by atoms with Crippen LogP contribution in [0, 0.1) is 10.8 Å². The molecule has 0 amide bonds. The lowest BCUT2D eigenvalue weighted by Crippen LogP contribution is -2.27. The van der Waals surface area contributed by atoms with E-state index in [0.717, 1.165) is 50.7 Å². The molecule has 4 rings (SSSR count). The van der Waals surface area contributed by atoms with E-state index in [1.165, 1.54) is 0 Å². The van der Waals surface area contributed by atoms with Gasteiger partial charge in [0, 0.05) is 0 Å². The summed E-state index contributed by atoms with van der Waals surface area (Å²) in [4.78, 5) is 51.8. The third-order valence-corrected chi connectivity index (χ3v) is 10.5. The first-order valence-electron chi connectivity index (χ1n) is 13.9. The lowest BCUT2D eigenvalue weighted by molar-refractivity contribution is -0.156. The van der Waals surface area contributed by atoms with Gasteiger partial charge in [0.25, 0.3) is 0 Å². The molecule has 2 saturated carbocycles. The zero-order valence-corrected chi connectivity index (χ0v) is 28.3. The van der Waals surface area contributed by atoms with Gasteiger partial charge >= 0.3 is 23.9 Å². The summed E-state index contributed by atoms with van der Waals surface area (Å²) in [6, 6.07) is 2.25. The number of halogens is 6. The quantitative estimate of drug-likeness (QED) is 0.0921. The average Bonchev–Trinajstić information content (AvgIpc) is 3.91. The molecule has 14 heteroatoms. The summed E-state index contributed by atoms with van der Waals surface area (Å²) in [5.74, 6) is -6.35. The maximum absolute atomic E-state index is 13.0. The van der Waals surface area contributed by atoms with Crippen molar-refractivity contribution in [3.05, 3.63) is 53.4 Å². The van der Waals surface area contributed by atoms with E-state index < -0.39 is 46.5 Å². The Balaban J connectivity index is 1.52. The van der Waals surface area contributed by atoms with Gasteiger partial charge in [0.2, 0.25) is 0 Å². The molecule has 0 heterocycles. The van der Waals surface area contributed by atoms with Crippen molar-refractivity contribution in [2.75, 3.05) is 13.2 Å². The summed E-state index contributed by atoms with van der Waals surface area (Å²) >= 11 is 37.2. The van der Waals surface area contributed by atoms with E-state index in [1.807, 2.05) is 0 Å². The van der Waals surface area contributed by atoms with Gasteiger partial charge < -0.3 is 18.9 Å². The van der Waals surface area contributed by atoms with E-state index in [0.29, 0.717) is 12.8 Å². The number of benzene rings is 2. The van der Waals surface area contributed by atoms with Crippen molar-refractivity contribution < 1.29 is 38.1 Å². The Labute approximate surface area is 284 Å². The fourth-order valence-corrected chi connectivity index (χ4v) is 6.21. The summed E-state index contributed by atoms with van der Waals surface area (Å²) in [5.41, 5.74) is -0.629. The first-order valence-corrected chi connectivity index (χ1v) is 16.2. The molecule has 0 saturated heterocycles. The minimum Gasteiger partial charge on any atom is -0.462 e. The van der Waals surface area contributed by atoms with E-state index in [9.17, 15) is 19.2 Å². The monoisotopic (exact) mass is 726 g/mol. The number of esters is 4. The lowest BCUT2D eigenvalue weighted by atomic mass is 10.0. The van der Waals surface area contributed by atoms with Crippen molar-refractivity contribution in [1.82, 2.24) is 0 Å². The fourth-order valence-electron chi connectivity index (χ4n) is 4.77. The number of hydrogen-bond acceptors (Lipinski definition) is 8. The Kier molecular flexibility index (Phi) is 11.3. The molecule has 2 fully saturated rings. The molecule has 2 aromatic rings. The van der Waals surface area contributed by atoms with Crippen molar-refractivity contribution in [3.63, 3.8) is 0 Å². The molecule has 0 atom stereocenters. The minimum atomic E-state index is -1.64. The van der Waals surface area contributed by atoms with Crippen LogP contribution in [0.1, 0.15) is 85.9 Å². The van der Waals surface area contributed by atoms with Gasteiger partial charge in [0.15, 0.2) is 11.5 Å². The van der Waals surface area contributed by atoms with Crippen LogP contribution in [-0.4, -0.2) is 37.1 Å². The molecule has 0 aromatic heterocycles. The van der Waals surface area contributed by atoms with E-state index in [-0.39, 0.29) is 54.2 Å².